The fourth-order valence-corrected chi connectivity index (χ4v) is 2.20. The smallest absolute Gasteiger partial charge is 0.241 e. The minimum absolute atomic E-state index is 0.263. The van der Waals surface area contributed by atoms with Crippen molar-refractivity contribution in [1.29, 1.82) is 0 Å². The lowest BCUT2D eigenvalue weighted by molar-refractivity contribution is 0.205. The van der Waals surface area contributed by atoms with E-state index in [1.54, 1.807) is 0 Å². The number of benzene rings is 1. The summed E-state index contributed by atoms with van der Waals surface area (Å²) in [6.45, 7) is 3.91. The lowest BCUT2D eigenvalue weighted by atomic mass is 9.96. The van der Waals surface area contributed by atoms with Gasteiger partial charge in [0, 0.05) is 0 Å². The number of hydrogen-bond donors (Lipinski definition) is 1. The van der Waals surface area contributed by atoms with Crippen molar-refractivity contribution in [3.8, 4) is 11.8 Å². The monoisotopic (exact) mass is 274 g/mol. The molecule has 1 heterocycles. The normalized spacial score (nSPS) is 12.1. The molecule has 0 saturated heterocycles. The molecular weight excluding hydrogens is 256 g/mol. The molecule has 0 saturated carbocycles. The number of aliphatic hydroxyl groups excluding tert-OH is 1. The summed E-state index contributed by atoms with van der Waals surface area (Å²) in [6, 6.07) is 5.86. The number of aliphatic hydroxyl groups is 1. The van der Waals surface area contributed by atoms with Gasteiger partial charge in [-0.3, -0.25) is 0 Å². The molecule has 1 N–H and O–H groups in total. The highest BCUT2D eigenvalue weighted by Crippen LogP contribution is 2.31. The Morgan fingerprint density at radius 3 is 2.30 bits per heavy atom. The molecule has 5 nitrogen and oxygen atoms in total. The second-order valence-electron chi connectivity index (χ2n) is 4.51. The molecule has 0 aliphatic heterocycles. The molecule has 0 aliphatic rings. The van der Waals surface area contributed by atoms with E-state index in [1.165, 1.54) is 20.4 Å². The predicted octanol–water partition coefficient (Wildman–Crippen LogP) is 2.19. The van der Waals surface area contributed by atoms with E-state index < -0.39 is 6.10 Å². The van der Waals surface area contributed by atoms with Crippen molar-refractivity contribution in [2.45, 2.75) is 20.0 Å². The van der Waals surface area contributed by atoms with Crippen LogP contribution in [0.15, 0.2) is 24.4 Å². The van der Waals surface area contributed by atoms with Crippen LogP contribution in [-0.2, 0) is 0 Å². The van der Waals surface area contributed by atoms with Gasteiger partial charge in [-0.25, -0.2) is 4.98 Å². The maximum absolute atomic E-state index is 10.6. The van der Waals surface area contributed by atoms with E-state index in [4.69, 9.17) is 9.47 Å². The SMILES string of the molecule is COc1cnc(C(O)c2c(C)cccc2C)c(OC)n1. The van der Waals surface area contributed by atoms with E-state index >= 15 is 0 Å². The first-order chi connectivity index (χ1) is 9.58. The van der Waals surface area contributed by atoms with Crippen molar-refractivity contribution >= 4 is 0 Å². The van der Waals surface area contributed by atoms with Crippen LogP contribution in [-0.4, -0.2) is 29.3 Å². The van der Waals surface area contributed by atoms with E-state index in [1.807, 2.05) is 32.0 Å². The van der Waals surface area contributed by atoms with Crippen LogP contribution < -0.4 is 9.47 Å². The fraction of sp³-hybridized carbons (Fsp3) is 0.333. The number of methoxy groups -OCH3 is 2. The molecular formula is C15H18N2O3. The lowest BCUT2D eigenvalue weighted by Gasteiger charge is -2.17. The number of nitrogens with zero attached hydrogens (tertiary/aromatic N) is 2. The standard InChI is InChI=1S/C15H18N2O3/c1-9-6-5-7-10(2)12(9)14(18)13-15(20-4)17-11(19-3)8-16-13/h5-8,14,18H,1-4H3. The highest BCUT2D eigenvalue weighted by molar-refractivity contribution is 5.41. The van der Waals surface area contributed by atoms with E-state index in [0.29, 0.717) is 11.6 Å². The molecule has 106 valence electrons. The number of aryl methyl sites for hydroxylation is 2. The first kappa shape index (κ1) is 14.3. The molecule has 20 heavy (non-hydrogen) atoms. The molecule has 1 aromatic heterocycles. The molecule has 0 spiro atoms. The number of hydrogen-bond acceptors (Lipinski definition) is 5. The van der Waals surface area contributed by atoms with Crippen LogP contribution in [0.3, 0.4) is 0 Å². The summed E-state index contributed by atoms with van der Waals surface area (Å²) in [7, 11) is 3.00. The van der Waals surface area contributed by atoms with Crippen molar-refractivity contribution in [3.05, 3.63) is 46.8 Å². The van der Waals surface area contributed by atoms with Gasteiger partial charge in [0.1, 0.15) is 11.8 Å². The van der Waals surface area contributed by atoms with Crippen molar-refractivity contribution in [2.75, 3.05) is 14.2 Å². The van der Waals surface area contributed by atoms with E-state index in [-0.39, 0.29) is 5.88 Å². The van der Waals surface area contributed by atoms with Crippen LogP contribution in [0, 0.1) is 13.8 Å². The highest BCUT2D eigenvalue weighted by Gasteiger charge is 2.22. The summed E-state index contributed by atoms with van der Waals surface area (Å²) in [5.41, 5.74) is 3.20. The molecule has 1 atom stereocenters. The highest BCUT2D eigenvalue weighted by atomic mass is 16.5. The largest absolute Gasteiger partial charge is 0.480 e. The molecule has 0 fully saturated rings. The van der Waals surface area contributed by atoms with Gasteiger partial charge < -0.3 is 14.6 Å². The quantitative estimate of drug-likeness (QED) is 0.926. The third kappa shape index (κ3) is 2.58. The molecule has 1 unspecified atom stereocenters. The summed E-state index contributed by atoms with van der Waals surface area (Å²) in [4.78, 5) is 8.36. The van der Waals surface area contributed by atoms with Crippen LogP contribution >= 0.6 is 0 Å². The molecule has 5 heteroatoms. The Hall–Kier alpha value is -2.14. The average molecular weight is 274 g/mol. The van der Waals surface area contributed by atoms with Gasteiger partial charge >= 0.3 is 0 Å². The minimum atomic E-state index is -0.885. The second-order valence-corrected chi connectivity index (χ2v) is 4.51. The van der Waals surface area contributed by atoms with Crippen LogP contribution in [0.1, 0.15) is 28.5 Å². The minimum Gasteiger partial charge on any atom is -0.480 e. The first-order valence-corrected chi connectivity index (χ1v) is 6.27. The Kier molecular flexibility index (Phi) is 4.20. The Bertz CT molecular complexity index is 594. The number of rotatable bonds is 4. The molecule has 0 radical (unpaired) electrons. The average Bonchev–Trinajstić information content (AvgIpc) is 2.46. The van der Waals surface area contributed by atoms with Crippen LogP contribution in [0.5, 0.6) is 11.8 Å². The number of ether oxygens (including phenoxy) is 2. The van der Waals surface area contributed by atoms with Crippen LogP contribution in [0.2, 0.25) is 0 Å². The zero-order chi connectivity index (χ0) is 14.7. The third-order valence-electron chi connectivity index (χ3n) is 3.22. The zero-order valence-corrected chi connectivity index (χ0v) is 12.0. The van der Waals surface area contributed by atoms with E-state index in [9.17, 15) is 5.11 Å². The summed E-state index contributed by atoms with van der Waals surface area (Å²) in [5.74, 6) is 0.610. The molecule has 0 aliphatic carbocycles. The van der Waals surface area contributed by atoms with E-state index in [2.05, 4.69) is 9.97 Å². The number of aromatic nitrogens is 2. The fourth-order valence-electron chi connectivity index (χ4n) is 2.20. The Morgan fingerprint density at radius 1 is 1.10 bits per heavy atom. The summed E-state index contributed by atoms with van der Waals surface area (Å²) < 4.78 is 10.2. The topological polar surface area (TPSA) is 64.5 Å². The van der Waals surface area contributed by atoms with Gasteiger partial charge in [0.25, 0.3) is 0 Å². The second kappa shape index (κ2) is 5.88. The Balaban J connectivity index is 2.50. The van der Waals surface area contributed by atoms with Crippen LogP contribution in [0.25, 0.3) is 0 Å². The maximum atomic E-state index is 10.6. The molecule has 2 rings (SSSR count). The van der Waals surface area contributed by atoms with Gasteiger partial charge in [-0.1, -0.05) is 18.2 Å². The van der Waals surface area contributed by atoms with Gasteiger partial charge in [-0.05, 0) is 30.5 Å². The van der Waals surface area contributed by atoms with Gasteiger partial charge in [0.15, 0.2) is 0 Å². The van der Waals surface area contributed by atoms with Gasteiger partial charge in [0.05, 0.1) is 20.4 Å². The van der Waals surface area contributed by atoms with Crippen molar-refractivity contribution in [1.82, 2.24) is 9.97 Å². The maximum Gasteiger partial charge on any atom is 0.241 e. The Morgan fingerprint density at radius 2 is 1.75 bits per heavy atom. The third-order valence-corrected chi connectivity index (χ3v) is 3.22. The zero-order valence-electron chi connectivity index (χ0n) is 12.0. The van der Waals surface area contributed by atoms with Gasteiger partial charge in [0.2, 0.25) is 11.8 Å². The van der Waals surface area contributed by atoms with Crippen LogP contribution in [0.4, 0.5) is 0 Å². The Labute approximate surface area is 118 Å². The first-order valence-electron chi connectivity index (χ1n) is 6.27. The summed E-state index contributed by atoms with van der Waals surface area (Å²) >= 11 is 0. The lowest BCUT2D eigenvalue weighted by Crippen LogP contribution is -2.10. The molecule has 0 amide bonds. The van der Waals surface area contributed by atoms with Crippen molar-refractivity contribution in [2.24, 2.45) is 0 Å². The molecule has 1 aromatic carbocycles. The molecule has 2 aromatic rings. The van der Waals surface area contributed by atoms with Crippen molar-refractivity contribution < 1.29 is 14.6 Å². The predicted molar refractivity (Wildman–Crippen MR) is 75.1 cm³/mol. The van der Waals surface area contributed by atoms with Crippen molar-refractivity contribution in [3.63, 3.8) is 0 Å². The summed E-state index contributed by atoms with van der Waals surface area (Å²) in [5, 5.41) is 10.6. The van der Waals surface area contributed by atoms with Gasteiger partial charge in [-0.2, -0.15) is 4.98 Å². The van der Waals surface area contributed by atoms with E-state index in [0.717, 1.165) is 16.7 Å². The summed E-state index contributed by atoms with van der Waals surface area (Å²) in [6.07, 6.45) is 0.582. The van der Waals surface area contributed by atoms with Gasteiger partial charge in [-0.15, -0.1) is 0 Å². The molecule has 0 bridgehead atoms.